The van der Waals surface area contributed by atoms with Gasteiger partial charge in [-0.1, -0.05) is 12.1 Å². The number of amides is 2. The number of hydrogen-bond acceptors (Lipinski definition) is 3. The molecular weight excluding hydrogens is 323 g/mol. The molecular formula is C19H17FN2O3. The van der Waals surface area contributed by atoms with Crippen LogP contribution < -0.4 is 15.0 Å². The third-order valence-electron chi connectivity index (χ3n) is 4.74. The smallest absolute Gasteiger partial charge is 0.264 e. The van der Waals surface area contributed by atoms with E-state index in [0.29, 0.717) is 17.1 Å². The minimum Gasteiger partial charge on any atom is -0.482 e. The third kappa shape index (κ3) is 2.95. The van der Waals surface area contributed by atoms with Crippen molar-refractivity contribution in [2.24, 2.45) is 5.92 Å². The molecule has 4 rings (SSSR count). The van der Waals surface area contributed by atoms with Crippen molar-refractivity contribution in [3.8, 4) is 5.75 Å². The van der Waals surface area contributed by atoms with Gasteiger partial charge in [0, 0.05) is 18.7 Å². The summed E-state index contributed by atoms with van der Waals surface area (Å²) in [6.07, 6.45) is 0.754. The maximum atomic E-state index is 13.0. The lowest BCUT2D eigenvalue weighted by atomic mass is 10.1. The highest BCUT2D eigenvalue weighted by Gasteiger charge is 2.44. The second-order valence-electron chi connectivity index (χ2n) is 6.41. The molecule has 1 fully saturated rings. The van der Waals surface area contributed by atoms with Crippen LogP contribution in [0, 0.1) is 11.7 Å². The zero-order valence-corrected chi connectivity index (χ0v) is 13.7. The van der Waals surface area contributed by atoms with Gasteiger partial charge in [-0.25, -0.2) is 4.39 Å². The molecule has 5 nitrogen and oxygen atoms in total. The zero-order valence-electron chi connectivity index (χ0n) is 13.7. The molecule has 0 radical (unpaired) electrons. The first-order chi connectivity index (χ1) is 12.0. The molecule has 2 aliphatic rings. The summed E-state index contributed by atoms with van der Waals surface area (Å²) in [5.41, 5.74) is 2.24. The topological polar surface area (TPSA) is 58.6 Å². The van der Waals surface area contributed by atoms with E-state index in [9.17, 15) is 14.0 Å². The summed E-state index contributed by atoms with van der Waals surface area (Å²) in [6, 6.07) is 11.5. The molecule has 25 heavy (non-hydrogen) atoms. The molecule has 2 amide bonds. The van der Waals surface area contributed by atoms with Gasteiger partial charge in [-0.2, -0.15) is 0 Å². The van der Waals surface area contributed by atoms with E-state index in [0.717, 1.165) is 12.0 Å². The number of benzene rings is 2. The van der Waals surface area contributed by atoms with Crippen molar-refractivity contribution in [3.05, 3.63) is 53.8 Å². The molecule has 2 atom stereocenters. The number of nitrogens with one attached hydrogen (secondary N) is 1. The molecule has 1 aliphatic heterocycles. The number of hydrogen-bond donors (Lipinski definition) is 1. The van der Waals surface area contributed by atoms with Crippen molar-refractivity contribution in [3.63, 3.8) is 0 Å². The highest BCUT2D eigenvalue weighted by molar-refractivity contribution is 6.00. The minimum atomic E-state index is -0.277. The highest BCUT2D eigenvalue weighted by atomic mass is 19.1. The lowest BCUT2D eigenvalue weighted by Crippen LogP contribution is -2.35. The van der Waals surface area contributed by atoms with Crippen LogP contribution in [0.4, 0.5) is 15.8 Å². The zero-order chi connectivity index (χ0) is 17.6. The van der Waals surface area contributed by atoms with Gasteiger partial charge >= 0.3 is 0 Å². The summed E-state index contributed by atoms with van der Waals surface area (Å²) >= 11 is 0. The van der Waals surface area contributed by atoms with Gasteiger partial charge in [0.1, 0.15) is 11.6 Å². The monoisotopic (exact) mass is 340 g/mol. The van der Waals surface area contributed by atoms with E-state index in [1.54, 1.807) is 37.4 Å². The molecule has 2 unspecified atom stereocenters. The minimum absolute atomic E-state index is 0.0244. The second-order valence-corrected chi connectivity index (χ2v) is 6.41. The van der Waals surface area contributed by atoms with Crippen LogP contribution in [-0.2, 0) is 9.59 Å². The van der Waals surface area contributed by atoms with Gasteiger partial charge in [-0.05, 0) is 48.2 Å². The van der Waals surface area contributed by atoms with Crippen molar-refractivity contribution in [2.45, 2.75) is 12.3 Å². The summed E-state index contributed by atoms with van der Waals surface area (Å²) in [5, 5.41) is 2.89. The Morgan fingerprint density at radius 3 is 2.76 bits per heavy atom. The third-order valence-corrected chi connectivity index (χ3v) is 4.74. The maximum Gasteiger partial charge on any atom is 0.264 e. The quantitative estimate of drug-likeness (QED) is 0.935. The van der Waals surface area contributed by atoms with E-state index in [2.05, 4.69) is 5.32 Å². The van der Waals surface area contributed by atoms with E-state index in [1.165, 1.54) is 17.0 Å². The Bertz CT molecular complexity index is 850. The van der Waals surface area contributed by atoms with E-state index < -0.39 is 0 Å². The summed E-state index contributed by atoms with van der Waals surface area (Å²) < 4.78 is 18.4. The molecule has 2 aromatic carbocycles. The van der Waals surface area contributed by atoms with E-state index >= 15 is 0 Å². The van der Waals surface area contributed by atoms with E-state index in [-0.39, 0.29) is 36.1 Å². The van der Waals surface area contributed by atoms with Crippen LogP contribution in [0.3, 0.4) is 0 Å². The lowest BCUT2D eigenvalue weighted by molar-refractivity contribution is -0.121. The number of ether oxygens (including phenoxy) is 1. The predicted molar refractivity (Wildman–Crippen MR) is 91.2 cm³/mol. The van der Waals surface area contributed by atoms with Crippen molar-refractivity contribution in [1.82, 2.24) is 0 Å². The van der Waals surface area contributed by atoms with Crippen LogP contribution >= 0.6 is 0 Å². The van der Waals surface area contributed by atoms with Crippen molar-refractivity contribution in [2.75, 3.05) is 23.9 Å². The Hall–Kier alpha value is -2.89. The van der Waals surface area contributed by atoms with Crippen molar-refractivity contribution < 1.29 is 18.7 Å². The molecule has 0 spiro atoms. The second kappa shape index (κ2) is 5.88. The van der Waals surface area contributed by atoms with Crippen LogP contribution in [0.2, 0.25) is 0 Å². The standard InChI is InChI=1S/C19H17FN2O3/c1-22-16-8-13(6-7-17(16)25-10-18(22)23)21-19(24)15-9-14(15)11-2-4-12(20)5-3-11/h2-8,14-15H,9-10H2,1H3,(H,21,24). The molecule has 2 aromatic rings. The average molecular weight is 340 g/mol. The van der Waals surface area contributed by atoms with Gasteiger partial charge in [0.25, 0.3) is 5.91 Å². The Morgan fingerprint density at radius 2 is 2.00 bits per heavy atom. The fourth-order valence-electron chi connectivity index (χ4n) is 3.15. The van der Waals surface area contributed by atoms with Gasteiger partial charge in [0.05, 0.1) is 5.69 Å². The molecule has 0 saturated heterocycles. The summed E-state index contributed by atoms with van der Waals surface area (Å²) in [6.45, 7) is 0.0244. The van der Waals surface area contributed by atoms with Gasteiger partial charge in [-0.3, -0.25) is 9.59 Å². The number of carbonyl (C=O) groups is 2. The number of fused-ring (bicyclic) bond motifs is 1. The lowest BCUT2D eigenvalue weighted by Gasteiger charge is -2.26. The number of halogens is 1. The largest absolute Gasteiger partial charge is 0.482 e. The summed E-state index contributed by atoms with van der Waals surface area (Å²) in [5.74, 6) is 0.161. The van der Waals surface area contributed by atoms with Crippen molar-refractivity contribution in [1.29, 1.82) is 0 Å². The fraction of sp³-hybridized carbons (Fsp3) is 0.263. The van der Waals surface area contributed by atoms with E-state index in [1.807, 2.05) is 0 Å². The maximum absolute atomic E-state index is 13.0. The number of rotatable bonds is 3. The fourth-order valence-corrected chi connectivity index (χ4v) is 3.15. The molecule has 1 heterocycles. The number of likely N-dealkylation sites (N-methyl/N-ethyl adjacent to an activating group) is 1. The first-order valence-corrected chi connectivity index (χ1v) is 8.12. The van der Waals surface area contributed by atoms with Gasteiger partial charge in [0.15, 0.2) is 6.61 Å². The Labute approximate surface area is 144 Å². The average Bonchev–Trinajstić information content (AvgIpc) is 3.40. The number of carbonyl (C=O) groups excluding carboxylic acids is 2. The van der Waals surface area contributed by atoms with Crippen LogP contribution in [0.1, 0.15) is 17.9 Å². The molecule has 128 valence electrons. The highest BCUT2D eigenvalue weighted by Crippen LogP contribution is 2.48. The van der Waals surface area contributed by atoms with Gasteiger partial charge < -0.3 is 15.0 Å². The van der Waals surface area contributed by atoms with Crippen LogP contribution in [0.25, 0.3) is 0 Å². The summed E-state index contributed by atoms with van der Waals surface area (Å²) in [7, 11) is 1.68. The van der Waals surface area contributed by atoms with Gasteiger partial charge in [-0.15, -0.1) is 0 Å². The van der Waals surface area contributed by atoms with Crippen LogP contribution in [0.5, 0.6) is 5.75 Å². The molecule has 0 aromatic heterocycles. The molecule has 1 saturated carbocycles. The first kappa shape index (κ1) is 15.6. The molecule has 0 bridgehead atoms. The van der Waals surface area contributed by atoms with Crippen LogP contribution in [-0.4, -0.2) is 25.5 Å². The molecule has 6 heteroatoms. The van der Waals surface area contributed by atoms with E-state index in [4.69, 9.17) is 4.74 Å². The Morgan fingerprint density at radius 1 is 1.24 bits per heavy atom. The SMILES string of the molecule is CN1C(=O)COc2ccc(NC(=O)C3CC3c3ccc(F)cc3)cc21. The van der Waals surface area contributed by atoms with Crippen LogP contribution in [0.15, 0.2) is 42.5 Å². The molecule has 1 N–H and O–H groups in total. The normalized spacial score (nSPS) is 21.4. The predicted octanol–water partition coefficient (Wildman–Crippen LogP) is 2.92. The molecule has 1 aliphatic carbocycles. The number of anilines is 2. The Kier molecular flexibility index (Phi) is 3.67. The van der Waals surface area contributed by atoms with Gasteiger partial charge in [0.2, 0.25) is 5.91 Å². The van der Waals surface area contributed by atoms with Crippen molar-refractivity contribution >= 4 is 23.2 Å². The summed E-state index contributed by atoms with van der Waals surface area (Å²) in [4.78, 5) is 25.7. The number of nitrogens with zero attached hydrogens (tertiary/aromatic N) is 1. The Balaban J connectivity index is 1.45. The first-order valence-electron chi connectivity index (χ1n) is 8.12.